The van der Waals surface area contributed by atoms with Crippen LogP contribution in [0.5, 0.6) is 0 Å². The first kappa shape index (κ1) is 17.7. The largest absolute Gasteiger partial charge is 0.452 e. The van der Waals surface area contributed by atoms with Gasteiger partial charge in [0.15, 0.2) is 5.13 Å². The highest BCUT2D eigenvalue weighted by atomic mass is 32.1. The van der Waals surface area contributed by atoms with Crippen molar-refractivity contribution in [2.75, 3.05) is 17.3 Å². The second-order valence-electron chi connectivity index (χ2n) is 7.47. The minimum atomic E-state index is -0.317. The van der Waals surface area contributed by atoms with Crippen molar-refractivity contribution in [1.29, 1.82) is 0 Å². The summed E-state index contributed by atoms with van der Waals surface area (Å²) in [6, 6.07) is 8.14. The van der Waals surface area contributed by atoms with Crippen LogP contribution in [0.1, 0.15) is 51.4 Å². The topological polar surface area (TPSA) is 54.5 Å². The number of amides is 1. The number of hydrogen-bond donors (Lipinski definition) is 1. The summed E-state index contributed by atoms with van der Waals surface area (Å²) >= 11 is 1.63. The molecule has 6 heteroatoms. The Kier molecular flexibility index (Phi) is 4.73. The first-order valence-corrected chi connectivity index (χ1v) is 9.38. The second-order valence-corrected chi connectivity index (χ2v) is 8.33. The Hall–Kier alpha value is -2.08. The van der Waals surface area contributed by atoms with Crippen LogP contribution in [0.4, 0.5) is 15.6 Å². The van der Waals surface area contributed by atoms with Gasteiger partial charge < -0.3 is 10.1 Å². The van der Waals surface area contributed by atoms with E-state index in [2.05, 4.69) is 37.5 Å². The number of rotatable bonds is 2. The first-order valence-electron chi connectivity index (χ1n) is 8.50. The molecule has 1 aliphatic rings. The smallest absolute Gasteiger partial charge is 0.414 e. The van der Waals surface area contributed by atoms with Crippen molar-refractivity contribution in [3.63, 3.8) is 0 Å². The van der Waals surface area contributed by atoms with Gasteiger partial charge in [-0.05, 0) is 25.0 Å². The van der Waals surface area contributed by atoms with Gasteiger partial charge in [-0.1, -0.05) is 39.0 Å². The van der Waals surface area contributed by atoms with Crippen molar-refractivity contribution in [3.8, 4) is 0 Å². The number of methoxy groups -OCH3 is 1. The van der Waals surface area contributed by atoms with E-state index in [1.807, 2.05) is 25.1 Å². The summed E-state index contributed by atoms with van der Waals surface area (Å²) in [7, 11) is 1.42. The Morgan fingerprint density at radius 3 is 2.72 bits per heavy atom. The number of carbonyl (C=O) groups is 1. The number of anilines is 2. The molecule has 0 saturated heterocycles. The molecule has 5 nitrogen and oxygen atoms in total. The van der Waals surface area contributed by atoms with E-state index in [0.717, 1.165) is 28.5 Å². The zero-order chi connectivity index (χ0) is 18.2. The normalized spacial score (nSPS) is 20.1. The van der Waals surface area contributed by atoms with Crippen LogP contribution < -0.4 is 10.2 Å². The van der Waals surface area contributed by atoms with E-state index < -0.39 is 0 Å². The van der Waals surface area contributed by atoms with Crippen LogP contribution in [0.2, 0.25) is 0 Å². The summed E-state index contributed by atoms with van der Waals surface area (Å²) in [6.07, 6.45) is 0.485. The molecule has 0 spiro atoms. The summed E-state index contributed by atoms with van der Waals surface area (Å²) in [5.41, 5.74) is 3.13. The number of fused-ring (bicyclic) bond motifs is 1. The van der Waals surface area contributed by atoms with Crippen molar-refractivity contribution in [1.82, 2.24) is 4.98 Å². The summed E-state index contributed by atoms with van der Waals surface area (Å²) in [5, 5.41) is 6.60. The van der Waals surface area contributed by atoms with Gasteiger partial charge in [-0.25, -0.2) is 9.78 Å². The molecular formula is C19H25N3O2S. The number of ether oxygens (including phenoxy) is 1. The highest BCUT2D eigenvalue weighted by molar-refractivity contribution is 7.13. The van der Waals surface area contributed by atoms with Crippen LogP contribution in [0.15, 0.2) is 29.6 Å². The number of hydrogen-bond acceptors (Lipinski definition) is 5. The Morgan fingerprint density at radius 1 is 1.36 bits per heavy atom. The van der Waals surface area contributed by atoms with Gasteiger partial charge >= 0.3 is 6.09 Å². The predicted octanol–water partition coefficient (Wildman–Crippen LogP) is 4.96. The fourth-order valence-corrected chi connectivity index (χ4v) is 4.15. The lowest BCUT2D eigenvalue weighted by molar-refractivity contribution is 0.175. The quantitative estimate of drug-likeness (QED) is 0.823. The maximum atomic E-state index is 12.2. The monoisotopic (exact) mass is 359 g/mol. The van der Waals surface area contributed by atoms with Crippen LogP contribution in [0.25, 0.3) is 0 Å². The molecule has 1 N–H and O–H groups in total. The molecule has 1 aliphatic heterocycles. The predicted molar refractivity (Wildman–Crippen MR) is 103 cm³/mol. The molecule has 3 rings (SSSR count). The maximum Gasteiger partial charge on any atom is 0.414 e. The third-order valence-corrected chi connectivity index (χ3v) is 5.30. The number of benzene rings is 1. The van der Waals surface area contributed by atoms with E-state index in [4.69, 9.17) is 9.72 Å². The van der Waals surface area contributed by atoms with E-state index >= 15 is 0 Å². The van der Waals surface area contributed by atoms with E-state index in [1.165, 1.54) is 7.11 Å². The second kappa shape index (κ2) is 6.67. The van der Waals surface area contributed by atoms with Gasteiger partial charge in [-0.3, -0.25) is 4.90 Å². The van der Waals surface area contributed by atoms with Crippen LogP contribution in [0.3, 0.4) is 0 Å². The van der Waals surface area contributed by atoms with Gasteiger partial charge in [0.05, 0.1) is 24.5 Å². The molecule has 0 fully saturated rings. The van der Waals surface area contributed by atoms with E-state index in [1.54, 1.807) is 16.2 Å². The summed E-state index contributed by atoms with van der Waals surface area (Å²) in [6.45, 7) is 8.54. The maximum absolute atomic E-state index is 12.2. The Labute approximate surface area is 153 Å². The Balaban J connectivity index is 1.90. The number of nitrogens with one attached hydrogen (secondary N) is 1. The molecule has 25 heavy (non-hydrogen) atoms. The van der Waals surface area contributed by atoms with Gasteiger partial charge in [0.1, 0.15) is 0 Å². The van der Waals surface area contributed by atoms with Gasteiger partial charge in [0.25, 0.3) is 0 Å². The van der Waals surface area contributed by atoms with E-state index in [0.29, 0.717) is 0 Å². The molecule has 0 aliphatic carbocycles. The first-order chi connectivity index (χ1) is 11.8. The lowest BCUT2D eigenvalue weighted by Crippen LogP contribution is -2.44. The van der Waals surface area contributed by atoms with Crippen LogP contribution in [0, 0.1) is 0 Å². The molecule has 0 bridgehead atoms. The molecule has 0 radical (unpaired) electrons. The molecule has 1 aromatic carbocycles. The highest BCUT2D eigenvalue weighted by Crippen LogP contribution is 2.39. The SMILES string of the molecule is COC(=O)N1c2ccccc2C(Nc2nc(C(C)(C)C)cs2)CC1C. The molecule has 1 amide bonds. The molecule has 134 valence electrons. The van der Waals surface area contributed by atoms with E-state index in [-0.39, 0.29) is 23.6 Å². The Morgan fingerprint density at radius 2 is 2.08 bits per heavy atom. The van der Waals surface area contributed by atoms with Gasteiger partial charge in [-0.2, -0.15) is 0 Å². The lowest BCUT2D eigenvalue weighted by atomic mass is 9.92. The molecule has 1 aromatic heterocycles. The summed E-state index contributed by atoms with van der Waals surface area (Å²) in [5.74, 6) is 0. The molecular weight excluding hydrogens is 334 g/mol. The highest BCUT2D eigenvalue weighted by Gasteiger charge is 2.34. The molecule has 2 aromatic rings. The fourth-order valence-electron chi connectivity index (χ4n) is 3.16. The minimum Gasteiger partial charge on any atom is -0.452 e. The number of nitrogens with zero attached hydrogens (tertiary/aromatic N) is 2. The molecule has 2 atom stereocenters. The molecule has 0 saturated carbocycles. The minimum absolute atomic E-state index is 0.0376. The average Bonchev–Trinajstić information content (AvgIpc) is 3.03. The third kappa shape index (κ3) is 3.49. The zero-order valence-electron chi connectivity index (χ0n) is 15.4. The van der Waals surface area contributed by atoms with E-state index in [9.17, 15) is 4.79 Å². The lowest BCUT2D eigenvalue weighted by Gasteiger charge is -2.38. The number of carbonyl (C=O) groups excluding carboxylic acids is 1. The van der Waals surface area contributed by atoms with Crippen molar-refractivity contribution in [2.45, 2.75) is 51.6 Å². The third-order valence-electron chi connectivity index (χ3n) is 4.53. The molecule has 2 unspecified atom stereocenters. The number of aromatic nitrogens is 1. The van der Waals surface area contributed by atoms with Crippen molar-refractivity contribution < 1.29 is 9.53 Å². The Bertz CT molecular complexity index is 766. The zero-order valence-corrected chi connectivity index (χ0v) is 16.2. The number of para-hydroxylation sites is 1. The summed E-state index contributed by atoms with van der Waals surface area (Å²) in [4.78, 5) is 18.7. The van der Waals surface area contributed by atoms with Crippen LogP contribution in [-0.2, 0) is 10.2 Å². The van der Waals surface area contributed by atoms with Crippen LogP contribution >= 0.6 is 11.3 Å². The van der Waals surface area contributed by atoms with Gasteiger partial charge in [0, 0.05) is 16.8 Å². The molecule has 2 heterocycles. The van der Waals surface area contributed by atoms with Crippen LogP contribution in [-0.4, -0.2) is 24.2 Å². The standard InChI is InChI=1S/C19H25N3O2S/c1-12-10-14(20-17-21-16(11-25-17)19(2,3)4)13-8-6-7-9-15(13)22(12)18(23)24-5/h6-9,11-12,14H,10H2,1-5H3,(H,20,21). The average molecular weight is 359 g/mol. The summed E-state index contributed by atoms with van der Waals surface area (Å²) < 4.78 is 4.97. The van der Waals surface area contributed by atoms with Gasteiger partial charge in [-0.15, -0.1) is 11.3 Å². The van der Waals surface area contributed by atoms with Crippen molar-refractivity contribution >= 4 is 28.2 Å². The van der Waals surface area contributed by atoms with Gasteiger partial charge in [0.2, 0.25) is 0 Å². The number of thiazole rings is 1. The fraction of sp³-hybridized carbons (Fsp3) is 0.474. The van der Waals surface area contributed by atoms with Crippen molar-refractivity contribution in [3.05, 3.63) is 40.9 Å². The van der Waals surface area contributed by atoms with Crippen molar-refractivity contribution in [2.24, 2.45) is 0 Å².